The Bertz CT molecular complexity index is 1010. The maximum atomic E-state index is 7.14. The molecule has 2 saturated heterocycles. The smallest absolute Gasteiger partial charge is 0.107 e. The standard InChI is InChI=1S/C34H69N5.C9H23N3/c1-25(2)38(26-21-31(5,6)36-32(7,8)22-26)19-15-13-14-16-20-39(29(35)28-17-18-30(28,3)4)27-23-33(9,10)37-34(11,12)24-27;1-8(2,3)6-9(4,5)12-7(10)11/h25-29,36-37H,13-24,35H2,1-12H3;7,12H,6,10-11H2,1-5H3. The van der Waals surface area contributed by atoms with Crippen LogP contribution in [0, 0.1) is 16.7 Å². The van der Waals surface area contributed by atoms with E-state index < -0.39 is 6.29 Å². The topological polar surface area (TPSA) is 121 Å². The molecule has 8 nitrogen and oxygen atoms in total. The Hall–Kier alpha value is -0.320. The Labute approximate surface area is 318 Å². The van der Waals surface area contributed by atoms with Gasteiger partial charge in [0, 0.05) is 45.8 Å². The minimum atomic E-state index is -0.428. The van der Waals surface area contributed by atoms with Crippen molar-refractivity contribution in [2.24, 2.45) is 33.9 Å². The zero-order valence-electron chi connectivity index (χ0n) is 37.3. The van der Waals surface area contributed by atoms with Gasteiger partial charge in [0.05, 0.1) is 6.17 Å². The number of nitrogens with two attached hydrogens (primary N) is 3. The predicted molar refractivity (Wildman–Crippen MR) is 224 cm³/mol. The molecule has 0 aromatic carbocycles. The van der Waals surface area contributed by atoms with E-state index in [1.165, 1.54) is 70.8 Å². The van der Waals surface area contributed by atoms with E-state index in [0.29, 0.717) is 34.9 Å². The summed E-state index contributed by atoms with van der Waals surface area (Å²) in [6.45, 7) is 41.9. The molecule has 0 aromatic rings. The molecule has 2 heterocycles. The third-order valence-corrected chi connectivity index (χ3v) is 11.9. The van der Waals surface area contributed by atoms with Gasteiger partial charge in [-0.2, -0.15) is 0 Å². The van der Waals surface area contributed by atoms with Crippen molar-refractivity contribution in [1.29, 1.82) is 0 Å². The molecular formula is C43H92N8. The van der Waals surface area contributed by atoms with Gasteiger partial charge in [-0.05, 0) is 171 Å². The summed E-state index contributed by atoms with van der Waals surface area (Å²) in [5.41, 5.74) is 19.5. The number of unbranched alkanes of at least 4 members (excludes halogenated alkanes) is 3. The SMILES string of the molecule is CC(C)(C)CC(C)(C)NC(N)N.CC(C)N(CCCCCCN(C1CC(C)(C)NC(C)(C)C1)C(N)C1CCC1(C)C)C1CC(C)(C)NC(C)(C)C1. The minimum Gasteiger partial charge on any atom is -0.315 e. The van der Waals surface area contributed by atoms with E-state index >= 15 is 0 Å². The second-order valence-electron chi connectivity index (χ2n) is 22.8. The summed E-state index contributed by atoms with van der Waals surface area (Å²) in [7, 11) is 0. The van der Waals surface area contributed by atoms with Crippen LogP contribution in [-0.2, 0) is 0 Å². The largest absolute Gasteiger partial charge is 0.315 e. The van der Waals surface area contributed by atoms with Crippen LogP contribution in [0.5, 0.6) is 0 Å². The van der Waals surface area contributed by atoms with Gasteiger partial charge in [0.1, 0.15) is 6.29 Å². The van der Waals surface area contributed by atoms with Crippen molar-refractivity contribution < 1.29 is 0 Å². The number of hydrogen-bond acceptors (Lipinski definition) is 8. The van der Waals surface area contributed by atoms with Gasteiger partial charge in [-0.25, -0.2) is 0 Å². The molecule has 2 atom stereocenters. The predicted octanol–water partition coefficient (Wildman–Crippen LogP) is 7.89. The fraction of sp³-hybridized carbons (Fsp3) is 1.00. The average molecular weight is 721 g/mol. The van der Waals surface area contributed by atoms with Crippen molar-refractivity contribution in [3.63, 3.8) is 0 Å². The number of hydrogen-bond donors (Lipinski definition) is 6. The fourth-order valence-electron chi connectivity index (χ4n) is 11.0. The van der Waals surface area contributed by atoms with E-state index in [1.807, 2.05) is 0 Å². The first-order chi connectivity index (χ1) is 22.9. The van der Waals surface area contributed by atoms with Crippen LogP contribution >= 0.6 is 0 Å². The van der Waals surface area contributed by atoms with Gasteiger partial charge in [0.15, 0.2) is 0 Å². The Kier molecular flexibility index (Phi) is 16.2. The lowest BCUT2D eigenvalue weighted by Gasteiger charge is -2.55. The van der Waals surface area contributed by atoms with E-state index in [1.54, 1.807) is 0 Å². The van der Waals surface area contributed by atoms with Crippen LogP contribution in [0.1, 0.15) is 188 Å². The second-order valence-corrected chi connectivity index (χ2v) is 22.8. The summed E-state index contributed by atoms with van der Waals surface area (Å²) < 4.78 is 0. The summed E-state index contributed by atoms with van der Waals surface area (Å²) in [5.74, 6) is 0.622. The molecule has 3 rings (SSSR count). The van der Waals surface area contributed by atoms with Gasteiger partial charge in [0.2, 0.25) is 0 Å². The zero-order valence-corrected chi connectivity index (χ0v) is 37.3. The Balaban J connectivity index is 0.000000641. The van der Waals surface area contributed by atoms with Crippen LogP contribution in [0.2, 0.25) is 0 Å². The van der Waals surface area contributed by atoms with Crippen LogP contribution < -0.4 is 33.2 Å². The number of piperidine rings is 2. The molecule has 9 N–H and O–H groups in total. The molecule has 2 aliphatic heterocycles. The Morgan fingerprint density at radius 1 is 0.647 bits per heavy atom. The Morgan fingerprint density at radius 3 is 1.35 bits per heavy atom. The highest BCUT2D eigenvalue weighted by Gasteiger charge is 2.47. The van der Waals surface area contributed by atoms with Crippen molar-refractivity contribution in [2.75, 3.05) is 13.1 Å². The lowest BCUT2D eigenvalue weighted by atomic mass is 9.61. The molecule has 1 saturated carbocycles. The molecule has 0 bridgehead atoms. The van der Waals surface area contributed by atoms with E-state index in [4.69, 9.17) is 17.2 Å². The number of nitrogens with zero attached hydrogens (tertiary/aromatic N) is 2. The van der Waals surface area contributed by atoms with Crippen LogP contribution in [0.25, 0.3) is 0 Å². The lowest BCUT2D eigenvalue weighted by Crippen LogP contribution is -2.66. The van der Waals surface area contributed by atoms with Crippen LogP contribution in [0.4, 0.5) is 0 Å². The zero-order chi connectivity index (χ0) is 39.4. The molecule has 0 spiro atoms. The quantitative estimate of drug-likeness (QED) is 0.0747. The number of nitrogens with one attached hydrogen (secondary N) is 3. The molecule has 0 aromatic heterocycles. The van der Waals surface area contributed by atoms with Gasteiger partial charge in [0.25, 0.3) is 0 Å². The summed E-state index contributed by atoms with van der Waals surface area (Å²) in [6, 6.07) is 1.83. The molecular weight excluding hydrogens is 629 g/mol. The maximum absolute atomic E-state index is 7.14. The summed E-state index contributed by atoms with van der Waals surface area (Å²) in [4.78, 5) is 5.57. The first kappa shape index (κ1) is 46.8. The van der Waals surface area contributed by atoms with Crippen molar-refractivity contribution in [3.8, 4) is 0 Å². The molecule has 3 aliphatic rings. The number of rotatable bonds is 15. The fourth-order valence-corrected chi connectivity index (χ4v) is 11.0. The summed E-state index contributed by atoms with van der Waals surface area (Å²) in [6.07, 6.45) is 13.5. The van der Waals surface area contributed by atoms with Crippen molar-refractivity contribution in [1.82, 2.24) is 25.8 Å². The molecule has 1 aliphatic carbocycles. The van der Waals surface area contributed by atoms with Crippen molar-refractivity contribution >= 4 is 0 Å². The molecule has 51 heavy (non-hydrogen) atoms. The average Bonchev–Trinajstić information content (AvgIpc) is 2.83. The first-order valence-electron chi connectivity index (χ1n) is 21.0. The third-order valence-electron chi connectivity index (χ3n) is 11.9. The molecule has 2 unspecified atom stereocenters. The molecule has 3 fully saturated rings. The molecule has 0 amide bonds. The highest BCUT2D eigenvalue weighted by Crippen LogP contribution is 2.48. The van der Waals surface area contributed by atoms with E-state index in [0.717, 1.165) is 13.0 Å². The monoisotopic (exact) mass is 721 g/mol. The van der Waals surface area contributed by atoms with Crippen molar-refractivity contribution in [2.45, 2.75) is 247 Å². The van der Waals surface area contributed by atoms with E-state index in [-0.39, 0.29) is 33.9 Å². The van der Waals surface area contributed by atoms with Gasteiger partial charge >= 0.3 is 0 Å². The van der Waals surface area contributed by atoms with Gasteiger partial charge < -0.3 is 27.8 Å². The Morgan fingerprint density at radius 2 is 1.04 bits per heavy atom. The first-order valence-corrected chi connectivity index (χ1v) is 21.0. The van der Waals surface area contributed by atoms with E-state index in [2.05, 4.69) is 143 Å². The summed E-state index contributed by atoms with van der Waals surface area (Å²) in [5, 5.41) is 10.9. The third kappa shape index (κ3) is 16.1. The van der Waals surface area contributed by atoms with Crippen LogP contribution in [0.15, 0.2) is 0 Å². The van der Waals surface area contributed by atoms with Crippen molar-refractivity contribution in [3.05, 3.63) is 0 Å². The van der Waals surface area contributed by atoms with Gasteiger partial charge in [-0.1, -0.05) is 47.5 Å². The molecule has 304 valence electrons. The molecule has 0 radical (unpaired) electrons. The maximum Gasteiger partial charge on any atom is 0.107 e. The highest BCUT2D eigenvalue weighted by molar-refractivity contribution is 5.04. The van der Waals surface area contributed by atoms with Gasteiger partial charge in [-0.15, -0.1) is 0 Å². The lowest BCUT2D eigenvalue weighted by molar-refractivity contribution is -0.0476. The highest BCUT2D eigenvalue weighted by atomic mass is 15.3. The van der Waals surface area contributed by atoms with Crippen LogP contribution in [-0.4, -0.2) is 81.2 Å². The minimum absolute atomic E-state index is 0.00637. The summed E-state index contributed by atoms with van der Waals surface area (Å²) >= 11 is 0. The second kappa shape index (κ2) is 17.6. The van der Waals surface area contributed by atoms with E-state index in [9.17, 15) is 0 Å². The normalized spacial score (nSPS) is 25.5. The van der Waals surface area contributed by atoms with Gasteiger partial charge in [-0.3, -0.25) is 15.1 Å². The molecule has 8 heteroatoms. The van der Waals surface area contributed by atoms with Crippen LogP contribution in [0.3, 0.4) is 0 Å².